The van der Waals surface area contributed by atoms with E-state index in [-0.39, 0.29) is 0 Å². The summed E-state index contributed by atoms with van der Waals surface area (Å²) < 4.78 is 0. The third-order valence-corrected chi connectivity index (χ3v) is 3.94. The summed E-state index contributed by atoms with van der Waals surface area (Å²) in [6, 6.07) is 17.0. The van der Waals surface area contributed by atoms with Gasteiger partial charge in [0.05, 0.1) is 0 Å². The summed E-state index contributed by atoms with van der Waals surface area (Å²) in [6.07, 6.45) is 1.07. The number of rotatable bonds is 5. The molecule has 0 spiro atoms. The molecule has 2 nitrogen and oxygen atoms in total. The van der Waals surface area contributed by atoms with Gasteiger partial charge in [0.15, 0.2) is 5.11 Å². The molecule has 0 saturated carbocycles. The zero-order valence-corrected chi connectivity index (χ0v) is 14.4. The number of anilines is 1. The summed E-state index contributed by atoms with van der Waals surface area (Å²) in [5.74, 6) is 0. The third kappa shape index (κ3) is 4.85. The fourth-order valence-corrected chi connectivity index (χ4v) is 2.55. The van der Waals surface area contributed by atoms with Gasteiger partial charge in [0.25, 0.3) is 0 Å². The summed E-state index contributed by atoms with van der Waals surface area (Å²) in [5.41, 5.74) is 4.86. The first-order valence-corrected chi connectivity index (χ1v) is 8.17. The highest BCUT2D eigenvalue weighted by Crippen LogP contribution is 2.12. The summed E-state index contributed by atoms with van der Waals surface area (Å²) in [6.45, 7) is 8.16. The van der Waals surface area contributed by atoms with E-state index in [2.05, 4.69) is 79.5 Å². The molecule has 0 bridgehead atoms. The molecule has 2 rings (SSSR count). The van der Waals surface area contributed by atoms with Gasteiger partial charge in [-0.3, -0.25) is 0 Å². The molecule has 22 heavy (non-hydrogen) atoms. The Kier molecular flexibility index (Phi) is 5.96. The Bertz CT molecular complexity index is 602. The zero-order chi connectivity index (χ0) is 15.9. The highest BCUT2D eigenvalue weighted by Gasteiger charge is 2.09. The van der Waals surface area contributed by atoms with Crippen LogP contribution < -0.4 is 5.32 Å². The Morgan fingerprint density at radius 1 is 0.955 bits per heavy atom. The third-order valence-electron chi connectivity index (χ3n) is 3.58. The number of hydrogen-bond donors (Lipinski definition) is 1. The van der Waals surface area contributed by atoms with E-state index in [1.807, 2.05) is 0 Å². The van der Waals surface area contributed by atoms with E-state index in [1.165, 1.54) is 16.7 Å². The Morgan fingerprint density at radius 2 is 1.50 bits per heavy atom. The first-order valence-electron chi connectivity index (χ1n) is 7.76. The Hall–Kier alpha value is -1.87. The van der Waals surface area contributed by atoms with Crippen LogP contribution in [0.25, 0.3) is 0 Å². The van der Waals surface area contributed by atoms with Crippen molar-refractivity contribution in [3.8, 4) is 0 Å². The van der Waals surface area contributed by atoms with Gasteiger partial charge in [-0.1, -0.05) is 54.4 Å². The summed E-state index contributed by atoms with van der Waals surface area (Å²) in [4.78, 5) is 2.22. The Balaban J connectivity index is 2.04. The summed E-state index contributed by atoms with van der Waals surface area (Å²) >= 11 is 5.60. The summed E-state index contributed by atoms with van der Waals surface area (Å²) in [5, 5.41) is 4.13. The van der Waals surface area contributed by atoms with Crippen molar-refractivity contribution in [3.63, 3.8) is 0 Å². The average Bonchev–Trinajstić information content (AvgIpc) is 2.51. The molecule has 0 aliphatic carbocycles. The molecule has 0 unspecified atom stereocenters. The predicted octanol–water partition coefficient (Wildman–Crippen LogP) is 4.91. The monoisotopic (exact) mass is 312 g/mol. The van der Waals surface area contributed by atoms with Crippen LogP contribution in [0.15, 0.2) is 48.5 Å². The van der Waals surface area contributed by atoms with Crippen LogP contribution in [0.3, 0.4) is 0 Å². The van der Waals surface area contributed by atoms with Crippen molar-refractivity contribution in [2.45, 2.75) is 33.7 Å². The quantitative estimate of drug-likeness (QED) is 0.790. The molecule has 1 N–H and O–H groups in total. The topological polar surface area (TPSA) is 15.3 Å². The van der Waals surface area contributed by atoms with E-state index in [4.69, 9.17) is 12.2 Å². The normalized spacial score (nSPS) is 10.3. The Morgan fingerprint density at radius 3 is 2.05 bits per heavy atom. The molecule has 0 saturated heterocycles. The van der Waals surface area contributed by atoms with Crippen LogP contribution >= 0.6 is 12.2 Å². The van der Waals surface area contributed by atoms with Crippen LogP contribution in [-0.2, 0) is 6.54 Å². The fourth-order valence-electron chi connectivity index (χ4n) is 2.28. The number of benzene rings is 2. The molecular formula is C19H24N2S. The molecule has 0 fully saturated rings. The van der Waals surface area contributed by atoms with Gasteiger partial charge in [0, 0.05) is 18.8 Å². The minimum absolute atomic E-state index is 0.784. The number of nitrogens with one attached hydrogen (secondary N) is 1. The van der Waals surface area contributed by atoms with Gasteiger partial charge >= 0.3 is 0 Å². The van der Waals surface area contributed by atoms with Gasteiger partial charge in [-0.2, -0.15) is 0 Å². The lowest BCUT2D eigenvalue weighted by molar-refractivity contribution is 0.418. The smallest absolute Gasteiger partial charge is 0.173 e. The minimum Gasteiger partial charge on any atom is -0.345 e. The lowest BCUT2D eigenvalue weighted by Crippen LogP contribution is -2.34. The molecule has 116 valence electrons. The lowest BCUT2D eigenvalue weighted by Gasteiger charge is -2.25. The van der Waals surface area contributed by atoms with Gasteiger partial charge in [-0.25, -0.2) is 0 Å². The summed E-state index contributed by atoms with van der Waals surface area (Å²) in [7, 11) is 0. The van der Waals surface area contributed by atoms with E-state index >= 15 is 0 Å². The van der Waals surface area contributed by atoms with Crippen molar-refractivity contribution in [2.75, 3.05) is 11.9 Å². The molecule has 2 aromatic carbocycles. The van der Waals surface area contributed by atoms with Crippen LogP contribution in [0.4, 0.5) is 5.69 Å². The molecular weight excluding hydrogens is 288 g/mol. The highest BCUT2D eigenvalue weighted by molar-refractivity contribution is 7.80. The van der Waals surface area contributed by atoms with Crippen LogP contribution in [0.1, 0.15) is 30.0 Å². The molecule has 0 heterocycles. The molecule has 0 atom stereocenters. The maximum absolute atomic E-state index is 5.60. The van der Waals surface area contributed by atoms with Gasteiger partial charge in [0.2, 0.25) is 0 Å². The van der Waals surface area contributed by atoms with Gasteiger partial charge in [-0.15, -0.1) is 0 Å². The van der Waals surface area contributed by atoms with E-state index < -0.39 is 0 Å². The molecule has 0 radical (unpaired) electrons. The van der Waals surface area contributed by atoms with Crippen molar-refractivity contribution >= 4 is 23.0 Å². The Labute approximate surface area is 139 Å². The minimum atomic E-state index is 0.784. The lowest BCUT2D eigenvalue weighted by atomic mass is 10.1. The number of nitrogens with zero attached hydrogens (tertiary/aromatic N) is 1. The van der Waals surface area contributed by atoms with Crippen LogP contribution in [-0.4, -0.2) is 16.6 Å². The first-order chi connectivity index (χ1) is 10.6. The van der Waals surface area contributed by atoms with Gasteiger partial charge in [-0.05, 0) is 50.2 Å². The molecule has 0 aliphatic heterocycles. The van der Waals surface area contributed by atoms with Crippen LogP contribution in [0.2, 0.25) is 0 Å². The SMILES string of the molecule is CCCN(Cc1ccc(C)cc1)C(=S)Nc1ccc(C)cc1. The second kappa shape index (κ2) is 7.95. The van der Waals surface area contributed by atoms with Crippen molar-refractivity contribution in [3.05, 3.63) is 65.2 Å². The predicted molar refractivity (Wildman–Crippen MR) is 99.3 cm³/mol. The molecule has 0 aromatic heterocycles. The fraction of sp³-hybridized carbons (Fsp3) is 0.316. The number of hydrogen-bond acceptors (Lipinski definition) is 1. The molecule has 3 heteroatoms. The van der Waals surface area contributed by atoms with Gasteiger partial charge in [0.1, 0.15) is 0 Å². The standard InChI is InChI=1S/C19H24N2S/c1-4-13-21(14-17-9-5-15(2)6-10-17)19(22)20-18-11-7-16(3)8-12-18/h5-12H,4,13-14H2,1-3H3,(H,20,22). The average molecular weight is 312 g/mol. The van der Waals surface area contributed by atoms with E-state index in [1.54, 1.807) is 0 Å². The van der Waals surface area contributed by atoms with E-state index in [0.717, 1.165) is 30.3 Å². The highest BCUT2D eigenvalue weighted by atomic mass is 32.1. The maximum Gasteiger partial charge on any atom is 0.173 e. The van der Waals surface area contributed by atoms with Crippen molar-refractivity contribution in [1.82, 2.24) is 4.90 Å². The van der Waals surface area contributed by atoms with Crippen molar-refractivity contribution in [1.29, 1.82) is 0 Å². The second-order valence-electron chi connectivity index (χ2n) is 5.70. The molecule has 0 amide bonds. The number of thiocarbonyl (C=S) groups is 1. The van der Waals surface area contributed by atoms with Crippen molar-refractivity contribution in [2.24, 2.45) is 0 Å². The van der Waals surface area contributed by atoms with Gasteiger partial charge < -0.3 is 10.2 Å². The zero-order valence-electron chi connectivity index (χ0n) is 13.6. The molecule has 0 aliphatic rings. The number of aryl methyl sites for hydroxylation is 2. The van der Waals surface area contributed by atoms with Crippen LogP contribution in [0.5, 0.6) is 0 Å². The van der Waals surface area contributed by atoms with Crippen molar-refractivity contribution < 1.29 is 0 Å². The second-order valence-corrected chi connectivity index (χ2v) is 6.09. The largest absolute Gasteiger partial charge is 0.345 e. The molecule has 2 aromatic rings. The van der Waals surface area contributed by atoms with E-state index in [9.17, 15) is 0 Å². The first kappa shape index (κ1) is 16.5. The maximum atomic E-state index is 5.60. The van der Waals surface area contributed by atoms with Crippen LogP contribution in [0, 0.1) is 13.8 Å². The van der Waals surface area contributed by atoms with E-state index in [0.29, 0.717) is 0 Å².